The molecule has 0 aliphatic heterocycles. The molecule has 2 aromatic rings. The molecule has 110 valence electrons. The second-order valence-corrected chi connectivity index (χ2v) is 7.34. The van der Waals surface area contributed by atoms with Crippen molar-refractivity contribution in [1.29, 1.82) is 0 Å². The average molecular weight is 320 g/mol. The maximum Gasteiger partial charge on any atom is 0.0571 e. The fraction of sp³-hybridized carbons (Fsp3) is 0.333. The van der Waals surface area contributed by atoms with Gasteiger partial charge in [-0.25, -0.2) is 0 Å². The molecule has 0 amide bonds. The summed E-state index contributed by atoms with van der Waals surface area (Å²) in [5.41, 5.74) is 4.99. The molecule has 21 heavy (non-hydrogen) atoms. The molecule has 0 bridgehead atoms. The molecule has 0 saturated carbocycles. The van der Waals surface area contributed by atoms with E-state index in [0.717, 1.165) is 27.7 Å². The Morgan fingerprint density at radius 2 is 1.90 bits per heavy atom. The number of halogens is 2. The monoisotopic (exact) mass is 319 g/mol. The van der Waals surface area contributed by atoms with E-state index in [1.165, 1.54) is 11.1 Å². The Labute approximate surface area is 136 Å². The molecule has 0 aromatic heterocycles. The first-order valence-electron chi connectivity index (χ1n) is 7.18. The van der Waals surface area contributed by atoms with Crippen molar-refractivity contribution in [3.05, 3.63) is 63.1 Å². The van der Waals surface area contributed by atoms with Crippen LogP contribution in [0.4, 0.5) is 5.69 Å². The summed E-state index contributed by atoms with van der Waals surface area (Å²) in [6.07, 6.45) is 1.05. The van der Waals surface area contributed by atoms with E-state index >= 15 is 0 Å². The predicted molar refractivity (Wildman–Crippen MR) is 91.5 cm³/mol. The van der Waals surface area contributed by atoms with E-state index in [0.29, 0.717) is 0 Å². The van der Waals surface area contributed by atoms with Crippen LogP contribution in [0.15, 0.2) is 36.4 Å². The zero-order valence-corrected chi connectivity index (χ0v) is 14.0. The fourth-order valence-corrected chi connectivity index (χ4v) is 3.56. The lowest BCUT2D eigenvalue weighted by atomic mass is 9.85. The number of fused-ring (bicyclic) bond motifs is 1. The van der Waals surface area contributed by atoms with Crippen LogP contribution in [-0.2, 0) is 6.42 Å². The number of nitrogens with one attached hydrogen (secondary N) is 1. The zero-order chi connectivity index (χ0) is 15.2. The Bertz CT molecular complexity index is 692. The number of benzene rings is 2. The number of anilines is 1. The summed E-state index contributed by atoms with van der Waals surface area (Å²) >= 11 is 12.4. The van der Waals surface area contributed by atoms with Crippen molar-refractivity contribution >= 4 is 28.9 Å². The van der Waals surface area contributed by atoms with Crippen LogP contribution in [0.2, 0.25) is 10.0 Å². The topological polar surface area (TPSA) is 12.0 Å². The van der Waals surface area contributed by atoms with Gasteiger partial charge in [0.15, 0.2) is 0 Å². The molecule has 1 N–H and O–H groups in total. The maximum atomic E-state index is 6.23. The predicted octanol–water partition coefficient (Wildman–Crippen LogP) is 6.04. The second-order valence-electron chi connectivity index (χ2n) is 6.50. The average Bonchev–Trinajstić information content (AvgIpc) is 2.66. The van der Waals surface area contributed by atoms with Gasteiger partial charge in [0.2, 0.25) is 0 Å². The SMILES string of the molecule is Cc1c(Cl)cccc1NC1c2cc(Cl)ccc2CC1(C)C. The van der Waals surface area contributed by atoms with Gasteiger partial charge in [-0.2, -0.15) is 0 Å². The summed E-state index contributed by atoms with van der Waals surface area (Å²) in [7, 11) is 0. The van der Waals surface area contributed by atoms with E-state index in [2.05, 4.69) is 37.4 Å². The van der Waals surface area contributed by atoms with Gasteiger partial charge in [0.25, 0.3) is 0 Å². The Hall–Kier alpha value is -1.18. The molecule has 0 fully saturated rings. The Balaban J connectivity index is 2.02. The summed E-state index contributed by atoms with van der Waals surface area (Å²) < 4.78 is 0. The summed E-state index contributed by atoms with van der Waals surface area (Å²) in [6.45, 7) is 6.63. The molecule has 2 aromatic carbocycles. The van der Waals surface area contributed by atoms with Crippen molar-refractivity contribution in [1.82, 2.24) is 0 Å². The lowest BCUT2D eigenvalue weighted by molar-refractivity contribution is 0.337. The van der Waals surface area contributed by atoms with Gasteiger partial charge < -0.3 is 5.32 Å². The van der Waals surface area contributed by atoms with Crippen LogP contribution in [0, 0.1) is 12.3 Å². The zero-order valence-electron chi connectivity index (χ0n) is 12.5. The minimum atomic E-state index is 0.141. The highest BCUT2D eigenvalue weighted by Gasteiger charge is 2.39. The minimum Gasteiger partial charge on any atom is -0.377 e. The third-order valence-electron chi connectivity index (χ3n) is 4.41. The molecule has 3 heteroatoms. The van der Waals surface area contributed by atoms with Gasteiger partial charge in [0, 0.05) is 15.7 Å². The van der Waals surface area contributed by atoms with Gasteiger partial charge in [0.05, 0.1) is 6.04 Å². The fourth-order valence-electron chi connectivity index (χ4n) is 3.20. The van der Waals surface area contributed by atoms with E-state index in [1.54, 1.807) is 0 Å². The maximum absolute atomic E-state index is 6.23. The molecular weight excluding hydrogens is 301 g/mol. The molecule has 3 rings (SSSR count). The van der Waals surface area contributed by atoms with E-state index in [4.69, 9.17) is 23.2 Å². The van der Waals surface area contributed by atoms with Crippen molar-refractivity contribution in [2.24, 2.45) is 5.41 Å². The molecule has 0 heterocycles. The first-order valence-corrected chi connectivity index (χ1v) is 7.94. The minimum absolute atomic E-state index is 0.141. The smallest absolute Gasteiger partial charge is 0.0571 e. The van der Waals surface area contributed by atoms with Gasteiger partial charge in [-0.05, 0) is 59.7 Å². The van der Waals surface area contributed by atoms with Gasteiger partial charge in [-0.15, -0.1) is 0 Å². The molecular formula is C18H19Cl2N. The van der Waals surface area contributed by atoms with Crippen LogP contribution >= 0.6 is 23.2 Å². The Kier molecular flexibility index (Phi) is 3.67. The number of hydrogen-bond acceptors (Lipinski definition) is 1. The molecule has 0 spiro atoms. The number of hydrogen-bond donors (Lipinski definition) is 1. The third-order valence-corrected chi connectivity index (χ3v) is 5.06. The largest absolute Gasteiger partial charge is 0.377 e. The quantitative estimate of drug-likeness (QED) is 0.711. The van der Waals surface area contributed by atoms with Crippen LogP contribution in [0.5, 0.6) is 0 Å². The molecule has 1 nitrogen and oxygen atoms in total. The van der Waals surface area contributed by atoms with Crippen molar-refractivity contribution in [3.63, 3.8) is 0 Å². The van der Waals surface area contributed by atoms with Gasteiger partial charge in [-0.3, -0.25) is 0 Å². The van der Waals surface area contributed by atoms with Gasteiger partial charge in [0.1, 0.15) is 0 Å². The summed E-state index contributed by atoms with van der Waals surface area (Å²) in [5.74, 6) is 0. The summed E-state index contributed by atoms with van der Waals surface area (Å²) in [4.78, 5) is 0. The van der Waals surface area contributed by atoms with Gasteiger partial charge in [-0.1, -0.05) is 49.2 Å². The molecule has 1 aliphatic rings. The van der Waals surface area contributed by atoms with Crippen LogP contribution in [0.25, 0.3) is 0 Å². The number of rotatable bonds is 2. The van der Waals surface area contributed by atoms with Crippen LogP contribution in [0.1, 0.15) is 36.6 Å². The van der Waals surface area contributed by atoms with Crippen molar-refractivity contribution in [2.75, 3.05) is 5.32 Å². The van der Waals surface area contributed by atoms with Crippen LogP contribution < -0.4 is 5.32 Å². The van der Waals surface area contributed by atoms with E-state index in [9.17, 15) is 0 Å². The van der Waals surface area contributed by atoms with Crippen molar-refractivity contribution < 1.29 is 0 Å². The molecule has 1 unspecified atom stereocenters. The highest BCUT2D eigenvalue weighted by Crippen LogP contribution is 2.48. The van der Waals surface area contributed by atoms with Gasteiger partial charge >= 0.3 is 0 Å². The van der Waals surface area contributed by atoms with E-state index in [-0.39, 0.29) is 11.5 Å². The summed E-state index contributed by atoms with van der Waals surface area (Å²) in [6, 6.07) is 12.4. The second kappa shape index (κ2) is 5.23. The molecule has 1 atom stereocenters. The lowest BCUT2D eigenvalue weighted by Gasteiger charge is -2.30. The third kappa shape index (κ3) is 2.65. The van der Waals surface area contributed by atoms with Crippen molar-refractivity contribution in [3.8, 4) is 0 Å². The highest BCUT2D eigenvalue weighted by atomic mass is 35.5. The molecule has 0 saturated heterocycles. The molecule has 1 aliphatic carbocycles. The lowest BCUT2D eigenvalue weighted by Crippen LogP contribution is -2.24. The first-order chi connectivity index (χ1) is 9.88. The van der Waals surface area contributed by atoms with E-state index in [1.807, 2.05) is 25.1 Å². The Morgan fingerprint density at radius 3 is 2.67 bits per heavy atom. The van der Waals surface area contributed by atoms with E-state index < -0.39 is 0 Å². The molecule has 0 radical (unpaired) electrons. The standard InChI is InChI=1S/C18H19Cl2N/c1-11-15(20)5-4-6-16(11)21-17-14-9-13(19)8-7-12(14)10-18(17,2)3/h4-9,17,21H,10H2,1-3H3. The summed E-state index contributed by atoms with van der Waals surface area (Å²) in [5, 5.41) is 5.27. The van der Waals surface area contributed by atoms with Crippen LogP contribution in [-0.4, -0.2) is 0 Å². The van der Waals surface area contributed by atoms with Crippen molar-refractivity contribution in [2.45, 2.75) is 33.2 Å². The normalized spacial score (nSPS) is 19.4. The van der Waals surface area contributed by atoms with Crippen LogP contribution in [0.3, 0.4) is 0 Å². The first kappa shape index (κ1) is 14.7. The highest BCUT2D eigenvalue weighted by molar-refractivity contribution is 6.31. The Morgan fingerprint density at radius 1 is 1.14 bits per heavy atom.